The van der Waals surface area contributed by atoms with Crippen molar-refractivity contribution in [3.63, 3.8) is 0 Å². The summed E-state index contributed by atoms with van der Waals surface area (Å²) in [6.45, 7) is 11.2. The SMILES string of the molecule is C/C(=N/NS(=O)(=O)c1c(C)c(C)c(C)c(C)c1C)c1cccc(NC(=O)c2ccnn2C)c1. The summed E-state index contributed by atoms with van der Waals surface area (Å²) in [4.78, 5) is 15.1. The van der Waals surface area contributed by atoms with Crippen molar-refractivity contribution in [2.45, 2.75) is 46.4 Å². The number of hydrogen-bond acceptors (Lipinski definition) is 5. The first kappa shape index (κ1) is 24.2. The van der Waals surface area contributed by atoms with Gasteiger partial charge in [-0.1, -0.05) is 12.1 Å². The highest BCUT2D eigenvalue weighted by atomic mass is 32.2. The van der Waals surface area contributed by atoms with E-state index in [2.05, 4.69) is 20.3 Å². The van der Waals surface area contributed by atoms with Gasteiger partial charge in [-0.2, -0.15) is 23.4 Å². The number of benzene rings is 2. The number of carbonyl (C=O) groups excluding carboxylic acids is 1. The average molecular weight is 468 g/mol. The van der Waals surface area contributed by atoms with E-state index in [4.69, 9.17) is 0 Å². The van der Waals surface area contributed by atoms with Crippen molar-refractivity contribution < 1.29 is 13.2 Å². The van der Waals surface area contributed by atoms with Crippen molar-refractivity contribution in [1.29, 1.82) is 0 Å². The van der Waals surface area contributed by atoms with Crippen LogP contribution in [0.5, 0.6) is 0 Å². The van der Waals surface area contributed by atoms with Crippen LogP contribution in [0.3, 0.4) is 0 Å². The highest BCUT2D eigenvalue weighted by molar-refractivity contribution is 7.89. The van der Waals surface area contributed by atoms with E-state index in [0.29, 0.717) is 22.7 Å². The molecule has 0 aliphatic carbocycles. The molecule has 3 aromatic rings. The van der Waals surface area contributed by atoms with Crippen molar-refractivity contribution in [2.75, 3.05) is 5.32 Å². The fourth-order valence-corrected chi connectivity index (χ4v) is 5.18. The minimum atomic E-state index is -3.87. The third-order valence-electron chi connectivity index (χ3n) is 6.13. The Kier molecular flexibility index (Phi) is 6.73. The maximum atomic E-state index is 13.1. The number of hydrogen-bond donors (Lipinski definition) is 2. The summed E-state index contributed by atoms with van der Waals surface area (Å²) < 4.78 is 27.7. The molecule has 2 aromatic carbocycles. The number of aryl methyl sites for hydroxylation is 1. The molecule has 8 nitrogen and oxygen atoms in total. The van der Waals surface area contributed by atoms with Gasteiger partial charge < -0.3 is 5.32 Å². The number of aromatic nitrogens is 2. The van der Waals surface area contributed by atoms with E-state index >= 15 is 0 Å². The molecular weight excluding hydrogens is 438 g/mol. The highest BCUT2D eigenvalue weighted by Crippen LogP contribution is 2.29. The van der Waals surface area contributed by atoms with Gasteiger partial charge in [-0.25, -0.2) is 0 Å². The number of nitrogens with one attached hydrogen (secondary N) is 2. The van der Waals surface area contributed by atoms with Crippen LogP contribution < -0.4 is 10.1 Å². The van der Waals surface area contributed by atoms with Crippen molar-refractivity contribution >= 4 is 27.3 Å². The van der Waals surface area contributed by atoms with E-state index in [9.17, 15) is 13.2 Å². The molecule has 3 rings (SSSR count). The van der Waals surface area contributed by atoms with Crippen LogP contribution in [0, 0.1) is 34.6 Å². The number of hydrazone groups is 1. The van der Waals surface area contributed by atoms with Gasteiger partial charge in [0.15, 0.2) is 0 Å². The number of sulfonamides is 1. The van der Waals surface area contributed by atoms with Gasteiger partial charge in [-0.05, 0) is 93.1 Å². The molecule has 33 heavy (non-hydrogen) atoms. The highest BCUT2D eigenvalue weighted by Gasteiger charge is 2.23. The number of rotatable bonds is 6. The van der Waals surface area contributed by atoms with Crippen molar-refractivity contribution in [2.24, 2.45) is 12.1 Å². The van der Waals surface area contributed by atoms with Gasteiger partial charge in [-0.15, -0.1) is 0 Å². The summed E-state index contributed by atoms with van der Waals surface area (Å²) in [6, 6.07) is 8.67. The monoisotopic (exact) mass is 467 g/mol. The quantitative estimate of drug-likeness (QED) is 0.423. The van der Waals surface area contributed by atoms with Crippen LogP contribution in [-0.4, -0.2) is 29.8 Å². The minimum absolute atomic E-state index is 0.261. The molecule has 0 radical (unpaired) electrons. The summed E-state index contributed by atoms with van der Waals surface area (Å²) in [5, 5.41) is 11.0. The van der Waals surface area contributed by atoms with Crippen molar-refractivity contribution in [3.05, 3.63) is 75.6 Å². The lowest BCUT2D eigenvalue weighted by Gasteiger charge is -2.18. The van der Waals surface area contributed by atoms with Gasteiger partial charge in [-0.3, -0.25) is 9.48 Å². The zero-order valence-electron chi connectivity index (χ0n) is 19.9. The molecule has 0 bridgehead atoms. The van der Waals surface area contributed by atoms with E-state index in [1.807, 2.05) is 34.6 Å². The second-order valence-electron chi connectivity index (χ2n) is 8.12. The molecule has 0 atom stereocenters. The van der Waals surface area contributed by atoms with Crippen LogP contribution in [0.2, 0.25) is 0 Å². The summed E-state index contributed by atoms with van der Waals surface area (Å²) in [5.74, 6) is -0.293. The third-order valence-corrected chi connectivity index (χ3v) is 7.61. The van der Waals surface area contributed by atoms with E-state index < -0.39 is 10.0 Å². The van der Waals surface area contributed by atoms with Gasteiger partial charge in [0.05, 0.1) is 10.6 Å². The molecule has 0 aliphatic rings. The summed E-state index contributed by atoms with van der Waals surface area (Å²) in [6.07, 6.45) is 1.55. The molecule has 1 amide bonds. The lowest BCUT2D eigenvalue weighted by atomic mass is 9.95. The van der Waals surface area contributed by atoms with Gasteiger partial charge in [0, 0.05) is 18.9 Å². The predicted octanol–water partition coefficient (Wildman–Crippen LogP) is 3.92. The molecule has 0 spiro atoms. The second kappa shape index (κ2) is 9.19. The molecular formula is C24H29N5O3S. The average Bonchev–Trinajstić information content (AvgIpc) is 3.21. The predicted molar refractivity (Wildman–Crippen MR) is 130 cm³/mol. The molecule has 174 valence electrons. The lowest BCUT2D eigenvalue weighted by Crippen LogP contribution is -2.23. The van der Waals surface area contributed by atoms with Crippen LogP contribution in [0.4, 0.5) is 5.69 Å². The fraction of sp³-hybridized carbons (Fsp3) is 0.292. The van der Waals surface area contributed by atoms with E-state index in [0.717, 1.165) is 27.8 Å². The number of carbonyl (C=O) groups is 1. The van der Waals surface area contributed by atoms with E-state index in [1.54, 1.807) is 50.5 Å². The van der Waals surface area contributed by atoms with Crippen LogP contribution in [0.25, 0.3) is 0 Å². The van der Waals surface area contributed by atoms with Crippen molar-refractivity contribution in [1.82, 2.24) is 14.6 Å². The molecule has 0 saturated heterocycles. The normalized spacial score (nSPS) is 12.0. The maximum absolute atomic E-state index is 13.1. The Hall–Kier alpha value is -3.46. The first-order chi connectivity index (χ1) is 15.4. The Bertz CT molecular complexity index is 1340. The van der Waals surface area contributed by atoms with E-state index in [-0.39, 0.29) is 10.8 Å². The Morgan fingerprint density at radius 1 is 0.970 bits per heavy atom. The molecule has 0 fully saturated rings. The van der Waals surface area contributed by atoms with Crippen molar-refractivity contribution in [3.8, 4) is 0 Å². The first-order valence-corrected chi connectivity index (χ1v) is 11.9. The van der Waals surface area contributed by atoms with Crippen LogP contribution in [0.15, 0.2) is 46.5 Å². The van der Waals surface area contributed by atoms with Gasteiger partial charge >= 0.3 is 0 Å². The maximum Gasteiger partial charge on any atom is 0.277 e. The molecule has 0 saturated carbocycles. The van der Waals surface area contributed by atoms with E-state index in [1.165, 1.54) is 4.68 Å². The summed E-state index contributed by atoms with van der Waals surface area (Å²) >= 11 is 0. The number of anilines is 1. The zero-order chi connectivity index (χ0) is 24.5. The Morgan fingerprint density at radius 3 is 2.15 bits per heavy atom. The molecule has 1 aromatic heterocycles. The zero-order valence-corrected chi connectivity index (χ0v) is 20.8. The first-order valence-electron chi connectivity index (χ1n) is 10.5. The molecule has 0 unspecified atom stereocenters. The Morgan fingerprint density at radius 2 is 1.58 bits per heavy atom. The minimum Gasteiger partial charge on any atom is -0.321 e. The number of amides is 1. The summed E-state index contributed by atoms with van der Waals surface area (Å²) in [7, 11) is -2.18. The molecule has 0 aliphatic heterocycles. The largest absolute Gasteiger partial charge is 0.321 e. The molecule has 9 heteroatoms. The van der Waals surface area contributed by atoms with Gasteiger partial charge in [0.1, 0.15) is 5.69 Å². The Labute approximate surface area is 194 Å². The summed E-state index contributed by atoms with van der Waals surface area (Å²) in [5.41, 5.74) is 6.56. The Balaban J connectivity index is 1.85. The van der Waals surface area contributed by atoms with Gasteiger partial charge in [0.25, 0.3) is 15.9 Å². The standard InChI is InChI=1S/C24H29N5O3S/c1-14-15(2)17(4)23(18(5)16(14)3)33(31,32)28-27-19(6)20-9-8-10-21(13-20)26-24(30)22-11-12-25-29(22)7/h8-13,28H,1-7H3,(H,26,30)/b27-19-. The van der Waals surface area contributed by atoms with Crippen LogP contribution in [-0.2, 0) is 17.1 Å². The molecule has 2 N–H and O–H groups in total. The van der Waals surface area contributed by atoms with Gasteiger partial charge in [0.2, 0.25) is 0 Å². The van der Waals surface area contributed by atoms with Crippen LogP contribution >= 0.6 is 0 Å². The third kappa shape index (κ3) is 4.83. The fourth-order valence-electron chi connectivity index (χ4n) is 3.72. The van der Waals surface area contributed by atoms with Crippen LogP contribution in [0.1, 0.15) is 50.8 Å². The topological polar surface area (TPSA) is 105 Å². The molecule has 1 heterocycles. The second-order valence-corrected chi connectivity index (χ2v) is 9.72. The smallest absolute Gasteiger partial charge is 0.277 e. The lowest BCUT2D eigenvalue weighted by molar-refractivity contribution is 0.101. The number of nitrogens with zero attached hydrogens (tertiary/aromatic N) is 3.